The van der Waals surface area contributed by atoms with Crippen molar-refractivity contribution in [2.75, 3.05) is 0 Å². The highest BCUT2D eigenvalue weighted by Gasteiger charge is 2.21. The summed E-state index contributed by atoms with van der Waals surface area (Å²) in [6.07, 6.45) is 0.0784. The second kappa shape index (κ2) is 8.25. The van der Waals surface area contributed by atoms with Gasteiger partial charge >= 0.3 is 5.97 Å². The number of esters is 1. The molecule has 150 valence electrons. The Hall–Kier alpha value is -3.86. The van der Waals surface area contributed by atoms with E-state index in [4.69, 9.17) is 4.74 Å². The summed E-state index contributed by atoms with van der Waals surface area (Å²) < 4.78 is 7.06. The molecule has 0 aliphatic heterocycles. The minimum absolute atomic E-state index is 0.0784. The minimum Gasteiger partial charge on any atom is -0.508 e. The molecule has 5 heteroatoms. The fraction of sp³-hybridized carbons (Fsp3) is 0.120. The zero-order chi connectivity index (χ0) is 21.1. The fourth-order valence-corrected chi connectivity index (χ4v) is 3.59. The third-order valence-corrected chi connectivity index (χ3v) is 5.12. The number of benzene rings is 3. The number of hydrogen-bond donors (Lipinski definition) is 1. The van der Waals surface area contributed by atoms with Gasteiger partial charge in [-0.15, -0.1) is 0 Å². The number of phenolic OH excluding ortho intramolecular Hbond substituents is 1. The molecule has 0 saturated carbocycles. The molecular weight excluding hydrogens is 378 g/mol. The number of ether oxygens (including phenoxy) is 1. The third-order valence-electron chi connectivity index (χ3n) is 5.12. The predicted octanol–water partition coefficient (Wildman–Crippen LogP) is 4.63. The van der Waals surface area contributed by atoms with Crippen LogP contribution in [0.2, 0.25) is 0 Å². The molecule has 0 spiro atoms. The maximum Gasteiger partial charge on any atom is 0.310 e. The van der Waals surface area contributed by atoms with Crippen molar-refractivity contribution in [2.24, 2.45) is 0 Å². The molecule has 0 aliphatic rings. The normalized spacial score (nSPS) is 10.8. The van der Waals surface area contributed by atoms with E-state index in [1.54, 1.807) is 16.7 Å². The highest BCUT2D eigenvalue weighted by molar-refractivity contribution is 6.04. The van der Waals surface area contributed by atoms with Crippen molar-refractivity contribution >= 4 is 22.8 Å². The van der Waals surface area contributed by atoms with Gasteiger partial charge in [0.05, 0.1) is 11.9 Å². The first kappa shape index (κ1) is 19.5. The van der Waals surface area contributed by atoms with Crippen molar-refractivity contribution in [3.63, 3.8) is 0 Å². The highest BCUT2D eigenvalue weighted by Crippen LogP contribution is 2.28. The van der Waals surface area contributed by atoms with Gasteiger partial charge in [-0.3, -0.25) is 14.2 Å². The van der Waals surface area contributed by atoms with Crippen molar-refractivity contribution < 1.29 is 19.4 Å². The van der Waals surface area contributed by atoms with Crippen LogP contribution in [0.1, 0.15) is 27.2 Å². The van der Waals surface area contributed by atoms with E-state index in [0.29, 0.717) is 11.3 Å². The summed E-state index contributed by atoms with van der Waals surface area (Å²) in [6, 6.07) is 23.2. The van der Waals surface area contributed by atoms with E-state index < -0.39 is 0 Å². The van der Waals surface area contributed by atoms with Crippen LogP contribution < -0.4 is 0 Å². The lowest BCUT2D eigenvalue weighted by atomic mass is 10.1. The van der Waals surface area contributed by atoms with Gasteiger partial charge < -0.3 is 9.84 Å². The zero-order valence-electron chi connectivity index (χ0n) is 16.5. The Morgan fingerprint density at radius 2 is 1.57 bits per heavy atom. The summed E-state index contributed by atoms with van der Waals surface area (Å²) in [6.45, 7) is 2.04. The molecule has 0 bridgehead atoms. The van der Waals surface area contributed by atoms with Gasteiger partial charge in [-0.1, -0.05) is 48.5 Å². The molecule has 0 saturated heterocycles. The number of nitrogens with zero attached hydrogens (tertiary/aromatic N) is 1. The quantitative estimate of drug-likeness (QED) is 0.497. The van der Waals surface area contributed by atoms with Crippen LogP contribution >= 0.6 is 0 Å². The number of rotatable bonds is 5. The highest BCUT2D eigenvalue weighted by atomic mass is 16.5. The summed E-state index contributed by atoms with van der Waals surface area (Å²) in [5.74, 6) is -0.461. The Morgan fingerprint density at radius 1 is 0.900 bits per heavy atom. The van der Waals surface area contributed by atoms with Crippen LogP contribution in [0.25, 0.3) is 10.9 Å². The van der Waals surface area contributed by atoms with Gasteiger partial charge in [0.15, 0.2) is 0 Å². The topological polar surface area (TPSA) is 68.5 Å². The van der Waals surface area contributed by atoms with Gasteiger partial charge in [-0.25, -0.2) is 0 Å². The molecule has 4 rings (SSSR count). The summed E-state index contributed by atoms with van der Waals surface area (Å²) in [5.41, 5.74) is 3.59. The molecule has 1 N–H and O–H groups in total. The first-order valence-electron chi connectivity index (χ1n) is 9.67. The number of aromatic hydroxyl groups is 1. The maximum atomic E-state index is 13.2. The standard InChI is InChI=1S/C25H21NO4/c1-17-22(15-24(28)30-16-18-7-3-2-4-8-18)21-9-5-6-10-23(21)26(17)25(29)19-11-13-20(27)14-12-19/h2-14,27H,15-16H2,1H3. The van der Waals surface area contributed by atoms with Crippen molar-refractivity contribution in [1.29, 1.82) is 0 Å². The average molecular weight is 399 g/mol. The van der Waals surface area contributed by atoms with E-state index in [-0.39, 0.29) is 30.7 Å². The van der Waals surface area contributed by atoms with Gasteiger partial charge in [-0.05, 0) is 48.4 Å². The first-order chi connectivity index (χ1) is 14.5. The van der Waals surface area contributed by atoms with E-state index in [1.165, 1.54) is 12.1 Å². The van der Waals surface area contributed by atoms with E-state index in [0.717, 1.165) is 22.0 Å². The van der Waals surface area contributed by atoms with E-state index in [2.05, 4.69) is 0 Å². The molecule has 0 atom stereocenters. The molecule has 1 heterocycles. The second-order valence-electron chi connectivity index (χ2n) is 7.09. The predicted molar refractivity (Wildman–Crippen MR) is 114 cm³/mol. The lowest BCUT2D eigenvalue weighted by Gasteiger charge is -2.08. The Morgan fingerprint density at radius 3 is 2.30 bits per heavy atom. The minimum atomic E-state index is -0.345. The summed E-state index contributed by atoms with van der Waals surface area (Å²) >= 11 is 0. The van der Waals surface area contributed by atoms with Crippen LogP contribution in [0.4, 0.5) is 0 Å². The molecular formula is C25H21NO4. The molecule has 1 aromatic heterocycles. The molecule has 0 fully saturated rings. The Balaban J connectivity index is 1.64. The zero-order valence-corrected chi connectivity index (χ0v) is 16.5. The fourth-order valence-electron chi connectivity index (χ4n) is 3.59. The number of carbonyl (C=O) groups excluding carboxylic acids is 2. The van der Waals surface area contributed by atoms with Gasteiger partial charge in [0.25, 0.3) is 5.91 Å². The number of fused-ring (bicyclic) bond motifs is 1. The maximum absolute atomic E-state index is 13.2. The van der Waals surface area contributed by atoms with Gasteiger partial charge in [-0.2, -0.15) is 0 Å². The third kappa shape index (κ3) is 3.82. The summed E-state index contributed by atoms with van der Waals surface area (Å²) in [4.78, 5) is 25.7. The second-order valence-corrected chi connectivity index (χ2v) is 7.09. The summed E-state index contributed by atoms with van der Waals surface area (Å²) in [7, 11) is 0. The van der Waals surface area contributed by atoms with Crippen molar-refractivity contribution in [3.8, 4) is 5.75 Å². The first-order valence-corrected chi connectivity index (χ1v) is 9.67. The monoisotopic (exact) mass is 399 g/mol. The van der Waals surface area contributed by atoms with Crippen LogP contribution in [0, 0.1) is 6.92 Å². The smallest absolute Gasteiger partial charge is 0.310 e. The lowest BCUT2D eigenvalue weighted by Crippen LogP contribution is -2.14. The molecule has 4 aromatic rings. The Bertz CT molecular complexity index is 1210. The van der Waals surface area contributed by atoms with Crippen LogP contribution in [-0.4, -0.2) is 21.6 Å². The van der Waals surface area contributed by atoms with Gasteiger partial charge in [0, 0.05) is 16.6 Å². The van der Waals surface area contributed by atoms with E-state index >= 15 is 0 Å². The Labute approximate surface area is 174 Å². The van der Waals surface area contributed by atoms with Crippen molar-refractivity contribution in [3.05, 3.63) is 101 Å². The molecule has 0 unspecified atom stereocenters. The van der Waals surface area contributed by atoms with Crippen LogP contribution in [0.5, 0.6) is 5.75 Å². The van der Waals surface area contributed by atoms with Crippen LogP contribution in [0.3, 0.4) is 0 Å². The van der Waals surface area contributed by atoms with Crippen molar-refractivity contribution in [2.45, 2.75) is 20.0 Å². The molecule has 5 nitrogen and oxygen atoms in total. The number of para-hydroxylation sites is 1. The molecule has 0 aliphatic carbocycles. The number of hydrogen-bond acceptors (Lipinski definition) is 4. The molecule has 30 heavy (non-hydrogen) atoms. The molecule has 0 amide bonds. The molecule has 3 aromatic carbocycles. The molecule has 0 radical (unpaired) electrons. The summed E-state index contributed by atoms with van der Waals surface area (Å²) in [5, 5.41) is 10.3. The van der Waals surface area contributed by atoms with Gasteiger partial charge in [0.1, 0.15) is 12.4 Å². The van der Waals surface area contributed by atoms with Gasteiger partial charge in [0.2, 0.25) is 0 Å². The number of phenols is 1. The number of aromatic nitrogens is 1. The average Bonchev–Trinajstić information content (AvgIpc) is 3.04. The van der Waals surface area contributed by atoms with E-state index in [1.807, 2.05) is 61.5 Å². The van der Waals surface area contributed by atoms with E-state index in [9.17, 15) is 14.7 Å². The SMILES string of the molecule is Cc1c(CC(=O)OCc2ccccc2)c2ccccc2n1C(=O)c1ccc(O)cc1. The lowest BCUT2D eigenvalue weighted by molar-refractivity contribution is -0.144. The largest absolute Gasteiger partial charge is 0.508 e. The van der Waals surface area contributed by atoms with Crippen LogP contribution in [0.15, 0.2) is 78.9 Å². The van der Waals surface area contributed by atoms with Crippen LogP contribution in [-0.2, 0) is 22.6 Å². The number of carbonyl (C=O) groups is 2. The van der Waals surface area contributed by atoms with Crippen molar-refractivity contribution in [1.82, 2.24) is 4.57 Å². The Kier molecular flexibility index (Phi) is 5.35.